The molecule has 0 fully saturated rings. The maximum atomic E-state index is 12.5. The van der Waals surface area contributed by atoms with Crippen molar-refractivity contribution in [2.75, 3.05) is 24.2 Å². The van der Waals surface area contributed by atoms with E-state index in [9.17, 15) is 9.59 Å². The van der Waals surface area contributed by atoms with Crippen LogP contribution in [0.4, 0.5) is 11.4 Å². The number of aryl methyl sites for hydroxylation is 1. The lowest BCUT2D eigenvalue weighted by molar-refractivity contribution is -0.117. The predicted molar refractivity (Wildman–Crippen MR) is 129 cm³/mol. The first kappa shape index (κ1) is 22.7. The number of benzene rings is 3. The zero-order valence-electron chi connectivity index (χ0n) is 17.9. The lowest BCUT2D eigenvalue weighted by Gasteiger charge is -2.25. The van der Waals surface area contributed by atoms with Crippen LogP contribution < -0.4 is 10.6 Å². The summed E-state index contributed by atoms with van der Waals surface area (Å²) >= 11 is 3.43. The standard InChI is InChI=1S/C25H26BrN3O2/c1-17-14-21(26)12-13-23(17)28-24(30)16-29(3)18(2)20-10-7-11-22(15-20)27-25(31)19-8-5-4-6-9-19/h4-15,18H,16H2,1-3H3,(H,27,31)(H,28,30). The first-order valence-electron chi connectivity index (χ1n) is 10.1. The number of carbonyl (C=O) groups is 2. The van der Waals surface area contributed by atoms with E-state index in [0.29, 0.717) is 5.56 Å². The van der Waals surface area contributed by atoms with E-state index in [1.54, 1.807) is 12.1 Å². The summed E-state index contributed by atoms with van der Waals surface area (Å²) in [5.74, 6) is -0.226. The Morgan fingerprint density at radius 1 is 0.968 bits per heavy atom. The van der Waals surface area contributed by atoms with Gasteiger partial charge in [-0.1, -0.05) is 46.3 Å². The van der Waals surface area contributed by atoms with Crippen LogP contribution in [0.25, 0.3) is 0 Å². The Morgan fingerprint density at radius 3 is 2.42 bits per heavy atom. The number of carbonyl (C=O) groups excluding carboxylic acids is 2. The van der Waals surface area contributed by atoms with Crippen LogP contribution in [0.2, 0.25) is 0 Å². The number of hydrogen-bond acceptors (Lipinski definition) is 3. The fourth-order valence-corrected chi connectivity index (χ4v) is 3.72. The highest BCUT2D eigenvalue weighted by atomic mass is 79.9. The van der Waals surface area contributed by atoms with Crippen LogP contribution in [0, 0.1) is 6.92 Å². The van der Waals surface area contributed by atoms with Gasteiger partial charge in [-0.05, 0) is 74.5 Å². The van der Waals surface area contributed by atoms with Crippen molar-refractivity contribution in [2.45, 2.75) is 19.9 Å². The molecule has 6 heteroatoms. The van der Waals surface area contributed by atoms with Crippen LogP contribution >= 0.6 is 15.9 Å². The Kier molecular flexibility index (Phi) is 7.60. The van der Waals surface area contributed by atoms with Crippen molar-refractivity contribution in [1.82, 2.24) is 4.90 Å². The Morgan fingerprint density at radius 2 is 1.71 bits per heavy atom. The summed E-state index contributed by atoms with van der Waals surface area (Å²) in [6.07, 6.45) is 0. The van der Waals surface area contributed by atoms with Crippen LogP contribution in [0.5, 0.6) is 0 Å². The van der Waals surface area contributed by atoms with Crippen LogP contribution in [-0.4, -0.2) is 30.3 Å². The first-order chi connectivity index (χ1) is 14.8. The van der Waals surface area contributed by atoms with Gasteiger partial charge in [-0.15, -0.1) is 0 Å². The van der Waals surface area contributed by atoms with E-state index in [-0.39, 0.29) is 24.4 Å². The van der Waals surface area contributed by atoms with Gasteiger partial charge in [0.05, 0.1) is 6.54 Å². The number of rotatable bonds is 7. The van der Waals surface area contributed by atoms with Crippen molar-refractivity contribution in [2.24, 2.45) is 0 Å². The molecule has 2 N–H and O–H groups in total. The van der Waals surface area contributed by atoms with Gasteiger partial charge in [0.25, 0.3) is 5.91 Å². The van der Waals surface area contributed by atoms with E-state index in [4.69, 9.17) is 0 Å². The van der Waals surface area contributed by atoms with Crippen LogP contribution in [0.3, 0.4) is 0 Å². The highest BCUT2D eigenvalue weighted by molar-refractivity contribution is 9.10. The lowest BCUT2D eigenvalue weighted by Crippen LogP contribution is -2.32. The van der Waals surface area contributed by atoms with E-state index in [1.807, 2.05) is 86.5 Å². The van der Waals surface area contributed by atoms with E-state index in [1.165, 1.54) is 0 Å². The van der Waals surface area contributed by atoms with Crippen LogP contribution in [0.1, 0.15) is 34.5 Å². The normalized spacial score (nSPS) is 11.8. The first-order valence-corrected chi connectivity index (χ1v) is 10.9. The minimum Gasteiger partial charge on any atom is -0.325 e. The van der Waals surface area contributed by atoms with Gasteiger partial charge in [-0.3, -0.25) is 14.5 Å². The average Bonchev–Trinajstić information content (AvgIpc) is 2.76. The topological polar surface area (TPSA) is 61.4 Å². The zero-order chi connectivity index (χ0) is 22.4. The van der Waals surface area contributed by atoms with E-state index in [2.05, 4.69) is 26.6 Å². The molecular weight excluding hydrogens is 454 g/mol. The van der Waals surface area contributed by atoms with Crippen molar-refractivity contribution in [3.63, 3.8) is 0 Å². The lowest BCUT2D eigenvalue weighted by atomic mass is 10.1. The molecule has 0 saturated heterocycles. The fourth-order valence-electron chi connectivity index (χ4n) is 3.24. The van der Waals surface area contributed by atoms with Gasteiger partial charge >= 0.3 is 0 Å². The number of nitrogens with one attached hydrogen (secondary N) is 2. The predicted octanol–water partition coefficient (Wildman–Crippen LogP) is 5.64. The molecule has 3 aromatic carbocycles. The molecule has 0 aromatic heterocycles. The molecule has 0 spiro atoms. The number of anilines is 2. The van der Waals surface area contributed by atoms with E-state index >= 15 is 0 Å². The van der Waals surface area contributed by atoms with Gasteiger partial charge in [0.15, 0.2) is 0 Å². The highest BCUT2D eigenvalue weighted by Gasteiger charge is 2.16. The van der Waals surface area contributed by atoms with Gasteiger partial charge in [0, 0.05) is 27.5 Å². The Bertz CT molecular complexity index is 1070. The monoisotopic (exact) mass is 479 g/mol. The fraction of sp³-hybridized carbons (Fsp3) is 0.200. The molecular formula is C25H26BrN3O2. The van der Waals surface area contributed by atoms with Gasteiger partial charge in [0.2, 0.25) is 5.91 Å². The van der Waals surface area contributed by atoms with Gasteiger partial charge in [-0.2, -0.15) is 0 Å². The molecule has 5 nitrogen and oxygen atoms in total. The molecule has 0 saturated carbocycles. The molecule has 3 aromatic rings. The molecule has 160 valence electrons. The third kappa shape index (κ3) is 6.26. The molecule has 0 aliphatic rings. The quantitative estimate of drug-likeness (QED) is 0.460. The van der Waals surface area contributed by atoms with Crippen molar-refractivity contribution in [1.29, 1.82) is 0 Å². The molecule has 1 atom stereocenters. The molecule has 3 rings (SSSR count). The second-order valence-corrected chi connectivity index (χ2v) is 8.46. The largest absolute Gasteiger partial charge is 0.325 e. The Hall–Kier alpha value is -2.96. The number of amides is 2. The Balaban J connectivity index is 1.62. The van der Waals surface area contributed by atoms with Gasteiger partial charge in [-0.25, -0.2) is 0 Å². The summed E-state index contributed by atoms with van der Waals surface area (Å²) in [4.78, 5) is 26.9. The van der Waals surface area contributed by atoms with Crippen molar-refractivity contribution >= 4 is 39.1 Å². The van der Waals surface area contributed by atoms with Crippen molar-refractivity contribution < 1.29 is 9.59 Å². The smallest absolute Gasteiger partial charge is 0.255 e. The number of likely N-dealkylation sites (N-methyl/N-ethyl adjacent to an activating group) is 1. The maximum absolute atomic E-state index is 12.5. The summed E-state index contributed by atoms with van der Waals surface area (Å²) in [6, 6.07) is 22.6. The molecule has 1 unspecified atom stereocenters. The second-order valence-electron chi connectivity index (χ2n) is 7.54. The summed E-state index contributed by atoms with van der Waals surface area (Å²) in [5.41, 5.74) is 4.15. The Labute approximate surface area is 191 Å². The summed E-state index contributed by atoms with van der Waals surface area (Å²) < 4.78 is 0.980. The minimum absolute atomic E-state index is 0.00894. The summed E-state index contributed by atoms with van der Waals surface area (Å²) in [5, 5.41) is 5.91. The van der Waals surface area contributed by atoms with E-state index < -0.39 is 0 Å². The summed E-state index contributed by atoms with van der Waals surface area (Å²) in [6.45, 7) is 4.25. The van der Waals surface area contributed by atoms with Crippen molar-refractivity contribution in [3.05, 3.63) is 94.0 Å². The van der Waals surface area contributed by atoms with Crippen LogP contribution in [-0.2, 0) is 4.79 Å². The molecule has 0 aliphatic heterocycles. The SMILES string of the molecule is Cc1cc(Br)ccc1NC(=O)CN(C)C(C)c1cccc(NC(=O)c2ccccc2)c1. The highest BCUT2D eigenvalue weighted by Crippen LogP contribution is 2.23. The third-order valence-electron chi connectivity index (χ3n) is 5.18. The number of nitrogens with zero attached hydrogens (tertiary/aromatic N) is 1. The van der Waals surface area contributed by atoms with Gasteiger partial charge < -0.3 is 10.6 Å². The minimum atomic E-state index is -0.150. The van der Waals surface area contributed by atoms with Crippen LogP contribution in [0.15, 0.2) is 77.3 Å². The van der Waals surface area contributed by atoms with E-state index in [0.717, 1.165) is 27.0 Å². The molecule has 2 amide bonds. The zero-order valence-corrected chi connectivity index (χ0v) is 19.4. The van der Waals surface area contributed by atoms with Gasteiger partial charge in [0.1, 0.15) is 0 Å². The third-order valence-corrected chi connectivity index (χ3v) is 5.67. The summed E-state index contributed by atoms with van der Waals surface area (Å²) in [7, 11) is 1.91. The molecule has 0 radical (unpaired) electrons. The maximum Gasteiger partial charge on any atom is 0.255 e. The molecule has 31 heavy (non-hydrogen) atoms. The molecule has 0 aliphatic carbocycles. The molecule has 0 bridgehead atoms. The molecule has 0 heterocycles. The van der Waals surface area contributed by atoms with Crippen molar-refractivity contribution in [3.8, 4) is 0 Å². The number of hydrogen-bond donors (Lipinski definition) is 2. The second kappa shape index (κ2) is 10.4. The number of halogens is 1. The average molecular weight is 480 g/mol.